The first-order valence-corrected chi connectivity index (χ1v) is 24.0. The van der Waals surface area contributed by atoms with E-state index in [1.807, 2.05) is 6.92 Å². The normalized spacial score (nSPS) is 54.8. The quantitative estimate of drug-likeness (QED) is 0.0951. The molecule has 0 aromatic rings. The summed E-state index contributed by atoms with van der Waals surface area (Å²) in [4.78, 5) is 13.1. The lowest BCUT2D eigenvalue weighted by Crippen LogP contribution is -2.70. The molecule has 0 radical (unpaired) electrons. The molecule has 3 saturated heterocycles. The Hall–Kier alpha value is -1.47. The van der Waals surface area contributed by atoms with Crippen LogP contribution < -0.4 is 0 Å². The summed E-state index contributed by atoms with van der Waals surface area (Å²) in [5.74, 6) is -0.931. The van der Waals surface area contributed by atoms with Crippen LogP contribution in [0.2, 0.25) is 0 Å². The smallest absolute Gasteiger partial charge is 0.310 e. The summed E-state index contributed by atoms with van der Waals surface area (Å²) in [6.07, 6.45) is -17.8. The third-order valence-electron chi connectivity index (χ3n) is 19.1. The summed E-state index contributed by atoms with van der Waals surface area (Å²) in [6.45, 7) is 10.7. The molecule has 0 aromatic heterocycles. The molecule has 8 rings (SSSR count). The van der Waals surface area contributed by atoms with E-state index in [0.29, 0.717) is 25.7 Å². The molecule has 0 amide bonds. The van der Waals surface area contributed by atoms with E-state index in [1.165, 1.54) is 5.57 Å². The minimum absolute atomic E-state index is 0.00989. The molecule has 378 valence electrons. The Bertz CT molecular complexity index is 1800. The molecule has 4 saturated carbocycles. The second-order valence-corrected chi connectivity index (χ2v) is 23.0. The lowest BCUT2D eigenvalue weighted by atomic mass is 9.33. The molecule has 7 fully saturated rings. The minimum atomic E-state index is -1.94. The van der Waals surface area contributed by atoms with E-state index in [2.05, 4.69) is 40.7 Å². The van der Waals surface area contributed by atoms with Crippen molar-refractivity contribution in [1.29, 1.82) is 0 Å². The molecule has 3 heterocycles. The molecule has 66 heavy (non-hydrogen) atoms. The van der Waals surface area contributed by atoms with Crippen LogP contribution in [0.1, 0.15) is 99.3 Å². The highest BCUT2D eigenvalue weighted by molar-refractivity contribution is 5.76. The van der Waals surface area contributed by atoms with Crippen LogP contribution in [-0.2, 0) is 33.2 Å². The molecule has 0 bridgehead atoms. The van der Waals surface area contributed by atoms with Gasteiger partial charge in [0.1, 0.15) is 67.1 Å². The lowest BCUT2D eigenvalue weighted by Gasteiger charge is -2.71. The van der Waals surface area contributed by atoms with E-state index < -0.39 is 147 Å². The van der Waals surface area contributed by atoms with Crippen LogP contribution in [-0.4, -0.2) is 192 Å². The van der Waals surface area contributed by atoms with E-state index in [9.17, 15) is 66.1 Å². The zero-order valence-electron chi connectivity index (χ0n) is 39.0. The molecular weight excluding hydrogens is 868 g/mol. The number of carboxylic acid groups (broad SMARTS) is 1. The fourth-order valence-corrected chi connectivity index (χ4v) is 15.0. The van der Waals surface area contributed by atoms with Gasteiger partial charge in [-0.1, -0.05) is 53.2 Å². The van der Waals surface area contributed by atoms with Crippen LogP contribution in [0, 0.1) is 50.2 Å². The number of carbonyl (C=O) groups is 1. The van der Waals surface area contributed by atoms with Gasteiger partial charge in [-0.15, -0.1) is 0 Å². The van der Waals surface area contributed by atoms with Crippen molar-refractivity contribution in [2.24, 2.45) is 50.2 Å². The Labute approximate surface area is 385 Å². The highest BCUT2D eigenvalue weighted by atomic mass is 16.8. The molecule has 0 unspecified atom stereocenters. The Morgan fingerprint density at radius 3 is 1.82 bits per heavy atom. The van der Waals surface area contributed by atoms with Gasteiger partial charge < -0.3 is 89.7 Å². The number of aliphatic hydroxyl groups is 11. The van der Waals surface area contributed by atoms with Crippen LogP contribution in [0.4, 0.5) is 0 Å². The van der Waals surface area contributed by atoms with Gasteiger partial charge in [0.2, 0.25) is 0 Å². The van der Waals surface area contributed by atoms with Gasteiger partial charge in [-0.05, 0) is 97.2 Å². The maximum absolute atomic E-state index is 13.1. The summed E-state index contributed by atoms with van der Waals surface area (Å²) >= 11 is 0. The number of ether oxygens (including phenoxy) is 6. The highest BCUT2D eigenvalue weighted by Gasteiger charge is 2.71. The first-order valence-electron chi connectivity index (χ1n) is 24.0. The SMILES string of the molecule is CC1(C)CC[C@]2(C(=O)O)CC[C@]3(C)C(=CC[C@@H]4[C@@]5(C)C[C@H](O)[C@H](O[C@@H]6O[C@H](CO)[C@@H](O)[C@H](O[C@@H]7O[C@H](CO)[C@H](O)[C@H](O[C@@H]8OC[C@@H](O)[C@H](O)[C@H]8O)[C@H]7O)[C@H]6O)[C@@](C)(CO)[C@@H]5CC[C@]43C)[C@@H]2C1. The third-order valence-corrected chi connectivity index (χ3v) is 19.1. The first kappa shape index (κ1) is 50.9. The topological polar surface area (TPSA) is 315 Å². The summed E-state index contributed by atoms with van der Waals surface area (Å²) in [7, 11) is 0. The summed E-state index contributed by atoms with van der Waals surface area (Å²) in [5.41, 5.74) is -1.71. The van der Waals surface area contributed by atoms with Gasteiger partial charge in [-0.25, -0.2) is 0 Å². The number of fused-ring (bicyclic) bond motifs is 7. The van der Waals surface area contributed by atoms with Gasteiger partial charge in [0.15, 0.2) is 18.9 Å². The second kappa shape index (κ2) is 18.0. The fourth-order valence-electron chi connectivity index (χ4n) is 15.0. The summed E-state index contributed by atoms with van der Waals surface area (Å²) in [5, 5.41) is 131. The average molecular weight is 945 g/mol. The first-order chi connectivity index (χ1) is 30.9. The number of allylic oxidation sites excluding steroid dienone is 2. The zero-order valence-corrected chi connectivity index (χ0v) is 39.0. The monoisotopic (exact) mass is 944 g/mol. The molecule has 19 nitrogen and oxygen atoms in total. The van der Waals surface area contributed by atoms with Crippen molar-refractivity contribution in [3.05, 3.63) is 11.6 Å². The Morgan fingerprint density at radius 2 is 1.24 bits per heavy atom. The molecular formula is C47H76O19. The van der Waals surface area contributed by atoms with Gasteiger partial charge in [-0.3, -0.25) is 4.79 Å². The number of aliphatic hydroxyl groups excluding tert-OH is 11. The molecule has 24 atom stereocenters. The number of carboxylic acids is 1. The maximum atomic E-state index is 13.1. The van der Waals surface area contributed by atoms with Crippen molar-refractivity contribution in [2.45, 2.75) is 198 Å². The van der Waals surface area contributed by atoms with Gasteiger partial charge in [0, 0.05) is 5.41 Å². The van der Waals surface area contributed by atoms with E-state index in [0.717, 1.165) is 25.7 Å². The number of hydrogen-bond acceptors (Lipinski definition) is 18. The van der Waals surface area contributed by atoms with Crippen LogP contribution in [0.5, 0.6) is 0 Å². The Kier molecular flexibility index (Phi) is 13.9. The zero-order chi connectivity index (χ0) is 48.3. The molecule has 8 aliphatic rings. The Morgan fingerprint density at radius 1 is 0.667 bits per heavy atom. The largest absolute Gasteiger partial charge is 0.481 e. The van der Waals surface area contributed by atoms with E-state index in [-0.39, 0.29) is 40.4 Å². The fraction of sp³-hybridized carbons (Fsp3) is 0.936. The van der Waals surface area contributed by atoms with Crippen molar-refractivity contribution < 1.29 is 94.5 Å². The molecule has 12 N–H and O–H groups in total. The van der Waals surface area contributed by atoms with Gasteiger partial charge in [0.25, 0.3) is 0 Å². The number of aliphatic carboxylic acids is 1. The summed E-state index contributed by atoms with van der Waals surface area (Å²) in [6, 6.07) is 0. The van der Waals surface area contributed by atoms with Gasteiger partial charge in [-0.2, -0.15) is 0 Å². The molecule has 0 aromatic carbocycles. The lowest BCUT2D eigenvalue weighted by molar-refractivity contribution is -0.385. The molecule has 0 spiro atoms. The number of hydrogen-bond donors (Lipinski definition) is 12. The van der Waals surface area contributed by atoms with Crippen molar-refractivity contribution in [1.82, 2.24) is 0 Å². The predicted octanol–water partition coefficient (Wildman–Crippen LogP) is -0.711. The van der Waals surface area contributed by atoms with Crippen molar-refractivity contribution in [3.8, 4) is 0 Å². The maximum Gasteiger partial charge on any atom is 0.310 e. The van der Waals surface area contributed by atoms with Gasteiger partial charge in [0.05, 0.1) is 44.1 Å². The van der Waals surface area contributed by atoms with Crippen molar-refractivity contribution in [3.63, 3.8) is 0 Å². The Balaban J connectivity index is 1.03. The minimum Gasteiger partial charge on any atom is -0.481 e. The predicted molar refractivity (Wildman–Crippen MR) is 227 cm³/mol. The third kappa shape index (κ3) is 7.77. The van der Waals surface area contributed by atoms with Crippen LogP contribution in [0.25, 0.3) is 0 Å². The van der Waals surface area contributed by atoms with Gasteiger partial charge >= 0.3 is 5.97 Å². The summed E-state index contributed by atoms with van der Waals surface area (Å²) < 4.78 is 35.1. The van der Waals surface area contributed by atoms with Crippen LogP contribution in [0.3, 0.4) is 0 Å². The van der Waals surface area contributed by atoms with E-state index in [1.54, 1.807) is 0 Å². The van der Waals surface area contributed by atoms with E-state index >= 15 is 0 Å². The van der Waals surface area contributed by atoms with Crippen LogP contribution in [0.15, 0.2) is 11.6 Å². The molecule has 3 aliphatic heterocycles. The van der Waals surface area contributed by atoms with Crippen LogP contribution >= 0.6 is 0 Å². The van der Waals surface area contributed by atoms with Crippen molar-refractivity contribution >= 4 is 5.97 Å². The number of rotatable bonds is 10. The highest BCUT2D eigenvalue weighted by Crippen LogP contribution is 2.76. The van der Waals surface area contributed by atoms with Crippen molar-refractivity contribution in [2.75, 3.05) is 26.4 Å². The average Bonchev–Trinajstić information content (AvgIpc) is 3.26. The van der Waals surface area contributed by atoms with E-state index in [4.69, 9.17) is 28.4 Å². The second-order valence-electron chi connectivity index (χ2n) is 23.0. The standard InChI is InChI=1S/C47H76O19/c1-42(2)11-13-47(41(59)60)14-12-45(5)21(22(47)15-42)7-8-28-43(3)16-23(51)37(44(4,20-50)27(43)9-10-46(28,45)6)66-40-34(58)36(31(55)26(18-49)63-40)65-39-33(57)35(30(54)25(17-48)62-39)64-38-32(56)29(53)24(52)19-61-38/h7,22-40,48-58H,8-20H2,1-6H3,(H,59,60)/t22-,23-,24+,25+,26+,27+,28+,29-,30-,31+,32+,33+,34+,35-,36-,37-,38-,39-,40-,43-,44-,45+,46+,47-/m0/s1. The molecule has 19 heteroatoms. The molecule has 5 aliphatic carbocycles.